The molecule has 0 aromatic heterocycles. The van der Waals surface area contributed by atoms with E-state index in [1.807, 2.05) is 26.0 Å². The summed E-state index contributed by atoms with van der Waals surface area (Å²) in [5.74, 6) is -0.606. The first-order valence-electron chi connectivity index (χ1n) is 9.56. The third-order valence-corrected chi connectivity index (χ3v) is 4.36. The second-order valence-corrected chi connectivity index (χ2v) is 7.09. The van der Waals surface area contributed by atoms with Crippen molar-refractivity contribution in [2.45, 2.75) is 20.4 Å². The van der Waals surface area contributed by atoms with Gasteiger partial charge in [-0.1, -0.05) is 38.1 Å². The number of para-hydroxylation sites is 1. The molecule has 0 heterocycles. The Hall–Kier alpha value is -3.19. The first-order chi connectivity index (χ1) is 13.8. The summed E-state index contributed by atoms with van der Waals surface area (Å²) < 4.78 is 0. The summed E-state index contributed by atoms with van der Waals surface area (Å²) >= 11 is 0. The molecule has 3 amide bonds. The molecular weight excluding hydrogens is 368 g/mol. The number of amides is 3. The fraction of sp³-hybridized carbons (Fsp3) is 0.318. The van der Waals surface area contributed by atoms with Gasteiger partial charge in [0.15, 0.2) is 0 Å². The fourth-order valence-corrected chi connectivity index (χ4v) is 2.82. The highest BCUT2D eigenvalue weighted by molar-refractivity contribution is 6.09. The molecule has 4 N–H and O–H groups in total. The molecule has 7 heteroatoms. The van der Waals surface area contributed by atoms with Gasteiger partial charge in [-0.15, -0.1) is 0 Å². The maximum Gasteiger partial charge on any atom is 0.255 e. The van der Waals surface area contributed by atoms with Crippen LogP contribution in [-0.2, 0) is 11.3 Å². The zero-order valence-corrected chi connectivity index (χ0v) is 17.1. The Balaban J connectivity index is 2.07. The molecule has 2 aromatic rings. The minimum absolute atomic E-state index is 0.0628. The van der Waals surface area contributed by atoms with Gasteiger partial charge in [0.2, 0.25) is 5.91 Å². The molecule has 0 aliphatic heterocycles. The molecule has 29 heavy (non-hydrogen) atoms. The normalized spacial score (nSPS) is 10.5. The van der Waals surface area contributed by atoms with Gasteiger partial charge in [-0.2, -0.15) is 0 Å². The van der Waals surface area contributed by atoms with E-state index in [1.165, 1.54) is 0 Å². The molecular formula is C22H28N4O3. The standard InChI is InChI=1S/C22H28N4O3/c1-15(2)22(29)26(3)14-16-8-10-17(11-9-16)20(27)25-19-7-5-4-6-18(19)21(28)24-13-12-23/h4-11,15H,12-14,23H2,1-3H3,(H,24,28)(H,25,27). The Bertz CT molecular complexity index is 863. The predicted molar refractivity (Wildman–Crippen MR) is 114 cm³/mol. The summed E-state index contributed by atoms with van der Waals surface area (Å²) in [5, 5.41) is 5.48. The minimum atomic E-state index is -0.317. The fourth-order valence-electron chi connectivity index (χ4n) is 2.82. The lowest BCUT2D eigenvalue weighted by molar-refractivity contribution is -0.133. The monoisotopic (exact) mass is 396 g/mol. The van der Waals surface area contributed by atoms with Crippen LogP contribution in [0.3, 0.4) is 0 Å². The molecule has 0 saturated carbocycles. The van der Waals surface area contributed by atoms with Gasteiger partial charge in [-0.05, 0) is 29.8 Å². The number of carbonyl (C=O) groups is 3. The van der Waals surface area contributed by atoms with E-state index in [0.717, 1.165) is 5.56 Å². The van der Waals surface area contributed by atoms with Crippen molar-refractivity contribution in [3.05, 3.63) is 65.2 Å². The number of benzene rings is 2. The van der Waals surface area contributed by atoms with Crippen LogP contribution in [0.1, 0.15) is 40.1 Å². The van der Waals surface area contributed by atoms with Crippen molar-refractivity contribution in [2.75, 3.05) is 25.5 Å². The van der Waals surface area contributed by atoms with Crippen LogP contribution in [0.5, 0.6) is 0 Å². The number of nitrogens with zero attached hydrogens (tertiary/aromatic N) is 1. The average Bonchev–Trinajstić information content (AvgIpc) is 2.72. The molecule has 0 spiro atoms. The van der Waals surface area contributed by atoms with E-state index in [4.69, 9.17) is 5.73 Å². The lowest BCUT2D eigenvalue weighted by Crippen LogP contribution is -2.30. The highest BCUT2D eigenvalue weighted by atomic mass is 16.2. The highest BCUT2D eigenvalue weighted by Gasteiger charge is 2.15. The number of nitrogens with two attached hydrogens (primary N) is 1. The van der Waals surface area contributed by atoms with Gasteiger partial charge in [-0.25, -0.2) is 0 Å². The van der Waals surface area contributed by atoms with Crippen molar-refractivity contribution >= 4 is 23.4 Å². The second kappa shape index (κ2) is 10.4. The SMILES string of the molecule is CC(C)C(=O)N(C)Cc1ccc(C(=O)Nc2ccccc2C(=O)NCCN)cc1. The zero-order valence-electron chi connectivity index (χ0n) is 17.1. The van der Waals surface area contributed by atoms with Crippen molar-refractivity contribution in [3.63, 3.8) is 0 Å². The van der Waals surface area contributed by atoms with Crippen LogP contribution in [0.25, 0.3) is 0 Å². The van der Waals surface area contributed by atoms with Crippen LogP contribution in [0.15, 0.2) is 48.5 Å². The Labute approximate surface area is 171 Å². The summed E-state index contributed by atoms with van der Waals surface area (Å²) in [6.45, 7) is 4.89. The number of hydrogen-bond acceptors (Lipinski definition) is 4. The van der Waals surface area contributed by atoms with Gasteiger partial charge in [0.1, 0.15) is 0 Å². The third kappa shape index (κ3) is 6.15. The lowest BCUT2D eigenvalue weighted by atomic mass is 10.1. The molecule has 154 valence electrons. The first-order valence-corrected chi connectivity index (χ1v) is 9.56. The van der Waals surface area contributed by atoms with Crippen molar-refractivity contribution in [1.82, 2.24) is 10.2 Å². The summed E-state index contributed by atoms with van der Waals surface area (Å²) in [4.78, 5) is 38.5. The van der Waals surface area contributed by atoms with Crippen molar-refractivity contribution in [2.24, 2.45) is 11.7 Å². The average molecular weight is 396 g/mol. The number of hydrogen-bond donors (Lipinski definition) is 3. The number of carbonyl (C=O) groups excluding carboxylic acids is 3. The van der Waals surface area contributed by atoms with E-state index >= 15 is 0 Å². The molecule has 2 aromatic carbocycles. The Morgan fingerprint density at radius 3 is 2.28 bits per heavy atom. The van der Waals surface area contributed by atoms with E-state index in [2.05, 4.69) is 10.6 Å². The molecule has 0 unspecified atom stereocenters. The Morgan fingerprint density at radius 2 is 1.66 bits per heavy atom. The maximum absolute atomic E-state index is 12.6. The van der Waals surface area contributed by atoms with E-state index in [9.17, 15) is 14.4 Å². The quantitative estimate of drug-likeness (QED) is 0.636. The maximum atomic E-state index is 12.6. The van der Waals surface area contributed by atoms with Crippen molar-refractivity contribution in [1.29, 1.82) is 0 Å². The highest BCUT2D eigenvalue weighted by Crippen LogP contribution is 2.17. The van der Waals surface area contributed by atoms with Crippen molar-refractivity contribution in [3.8, 4) is 0 Å². The Morgan fingerprint density at radius 1 is 1.00 bits per heavy atom. The third-order valence-electron chi connectivity index (χ3n) is 4.36. The largest absolute Gasteiger partial charge is 0.351 e. The van der Waals surface area contributed by atoms with Gasteiger partial charge in [0.05, 0.1) is 11.3 Å². The molecule has 0 radical (unpaired) electrons. The topological polar surface area (TPSA) is 105 Å². The molecule has 0 aliphatic rings. The smallest absolute Gasteiger partial charge is 0.255 e. The number of anilines is 1. The van der Waals surface area contributed by atoms with Crippen LogP contribution in [0, 0.1) is 5.92 Å². The molecule has 0 aliphatic carbocycles. The van der Waals surface area contributed by atoms with Crippen LogP contribution >= 0.6 is 0 Å². The van der Waals surface area contributed by atoms with E-state index in [0.29, 0.717) is 36.4 Å². The minimum Gasteiger partial charge on any atom is -0.351 e. The molecule has 0 fully saturated rings. The molecule has 0 bridgehead atoms. The summed E-state index contributed by atoms with van der Waals surface area (Å²) in [5.41, 5.74) is 7.61. The number of nitrogens with one attached hydrogen (secondary N) is 2. The molecule has 2 rings (SSSR count). The first kappa shape index (κ1) is 22.1. The summed E-state index contributed by atoms with van der Waals surface area (Å²) in [7, 11) is 1.76. The van der Waals surface area contributed by atoms with Crippen LogP contribution < -0.4 is 16.4 Å². The predicted octanol–water partition coefficient (Wildman–Crippen LogP) is 2.24. The van der Waals surface area contributed by atoms with E-state index in [1.54, 1.807) is 48.3 Å². The molecule has 7 nitrogen and oxygen atoms in total. The van der Waals surface area contributed by atoms with Crippen molar-refractivity contribution < 1.29 is 14.4 Å². The van der Waals surface area contributed by atoms with Gasteiger partial charge >= 0.3 is 0 Å². The van der Waals surface area contributed by atoms with Gasteiger partial charge in [-0.3, -0.25) is 14.4 Å². The summed E-state index contributed by atoms with van der Waals surface area (Å²) in [6.07, 6.45) is 0. The van der Waals surface area contributed by atoms with Crippen LogP contribution in [-0.4, -0.2) is 42.8 Å². The second-order valence-electron chi connectivity index (χ2n) is 7.09. The van der Waals surface area contributed by atoms with E-state index < -0.39 is 0 Å². The van der Waals surface area contributed by atoms with Gasteiger partial charge in [0.25, 0.3) is 11.8 Å². The van der Waals surface area contributed by atoms with Gasteiger partial charge in [0, 0.05) is 38.2 Å². The zero-order chi connectivity index (χ0) is 21.4. The Kier molecular flexibility index (Phi) is 7.91. The van der Waals surface area contributed by atoms with E-state index in [-0.39, 0.29) is 23.6 Å². The summed E-state index contributed by atoms with van der Waals surface area (Å²) in [6, 6.07) is 13.8. The van der Waals surface area contributed by atoms with Crippen LogP contribution in [0.4, 0.5) is 5.69 Å². The lowest BCUT2D eigenvalue weighted by Gasteiger charge is -2.19. The molecule has 0 atom stereocenters. The van der Waals surface area contributed by atoms with Gasteiger partial charge < -0.3 is 21.3 Å². The number of rotatable bonds is 8. The molecule has 0 saturated heterocycles. The van der Waals surface area contributed by atoms with Crippen LogP contribution in [0.2, 0.25) is 0 Å².